The Balaban J connectivity index is 1.50. The standard InChI is InChI=1S/C23H26N2O3/c1-18-5-3-6-19(15-18)9-10-22(26)24-11-13-25(14-12-24)23(27)17-20-7-4-8-21(16-20)28-2/h3-10,15-16H,11-14,17H2,1-2H3/b10-9+. The normalized spacial score (nSPS) is 14.4. The molecule has 1 saturated heterocycles. The summed E-state index contributed by atoms with van der Waals surface area (Å²) in [5.74, 6) is 0.818. The second kappa shape index (κ2) is 9.22. The van der Waals surface area contributed by atoms with Gasteiger partial charge in [0.15, 0.2) is 0 Å². The van der Waals surface area contributed by atoms with Crippen LogP contribution < -0.4 is 4.74 Å². The number of benzene rings is 2. The summed E-state index contributed by atoms with van der Waals surface area (Å²) in [6, 6.07) is 15.6. The Morgan fingerprint density at radius 2 is 1.71 bits per heavy atom. The van der Waals surface area contributed by atoms with E-state index in [2.05, 4.69) is 0 Å². The number of methoxy groups -OCH3 is 1. The first-order valence-corrected chi connectivity index (χ1v) is 9.49. The van der Waals surface area contributed by atoms with Gasteiger partial charge in [-0.15, -0.1) is 0 Å². The third-order valence-electron chi connectivity index (χ3n) is 4.89. The first-order chi connectivity index (χ1) is 13.5. The van der Waals surface area contributed by atoms with Crippen LogP contribution in [-0.4, -0.2) is 54.9 Å². The minimum absolute atomic E-state index is 0.0126. The fourth-order valence-electron chi connectivity index (χ4n) is 3.29. The van der Waals surface area contributed by atoms with Crippen molar-refractivity contribution in [3.05, 3.63) is 71.3 Å². The molecule has 1 heterocycles. The van der Waals surface area contributed by atoms with E-state index in [0.717, 1.165) is 22.4 Å². The van der Waals surface area contributed by atoms with Gasteiger partial charge in [-0.3, -0.25) is 9.59 Å². The molecule has 2 aromatic carbocycles. The lowest BCUT2D eigenvalue weighted by molar-refractivity contribution is -0.136. The lowest BCUT2D eigenvalue weighted by Crippen LogP contribution is -2.50. The van der Waals surface area contributed by atoms with E-state index in [9.17, 15) is 9.59 Å². The minimum Gasteiger partial charge on any atom is -0.497 e. The van der Waals surface area contributed by atoms with Crippen LogP contribution in [0.2, 0.25) is 0 Å². The molecular formula is C23H26N2O3. The number of carbonyl (C=O) groups excluding carboxylic acids is 2. The van der Waals surface area contributed by atoms with Crippen molar-refractivity contribution in [3.63, 3.8) is 0 Å². The van der Waals surface area contributed by atoms with Crippen molar-refractivity contribution in [2.24, 2.45) is 0 Å². The Bertz CT molecular complexity index is 868. The predicted molar refractivity (Wildman–Crippen MR) is 110 cm³/mol. The van der Waals surface area contributed by atoms with Crippen LogP contribution in [0.3, 0.4) is 0 Å². The highest BCUT2D eigenvalue weighted by Gasteiger charge is 2.23. The first kappa shape index (κ1) is 19.7. The van der Waals surface area contributed by atoms with Crippen LogP contribution in [0, 0.1) is 6.92 Å². The average Bonchev–Trinajstić information content (AvgIpc) is 2.72. The summed E-state index contributed by atoms with van der Waals surface area (Å²) in [5, 5.41) is 0. The molecule has 5 nitrogen and oxygen atoms in total. The molecule has 146 valence electrons. The van der Waals surface area contributed by atoms with Gasteiger partial charge in [-0.25, -0.2) is 0 Å². The molecule has 2 amide bonds. The number of hydrogen-bond acceptors (Lipinski definition) is 3. The maximum absolute atomic E-state index is 12.6. The Hall–Kier alpha value is -3.08. The fraction of sp³-hybridized carbons (Fsp3) is 0.304. The van der Waals surface area contributed by atoms with E-state index in [1.807, 2.05) is 66.4 Å². The number of piperazine rings is 1. The van der Waals surface area contributed by atoms with Gasteiger partial charge in [0.1, 0.15) is 5.75 Å². The number of amides is 2. The van der Waals surface area contributed by atoms with Gasteiger partial charge in [0.2, 0.25) is 11.8 Å². The molecule has 1 fully saturated rings. The van der Waals surface area contributed by atoms with Gasteiger partial charge in [0.25, 0.3) is 0 Å². The molecule has 28 heavy (non-hydrogen) atoms. The van der Waals surface area contributed by atoms with E-state index in [1.165, 1.54) is 0 Å². The van der Waals surface area contributed by atoms with Crippen LogP contribution in [-0.2, 0) is 16.0 Å². The van der Waals surface area contributed by atoms with E-state index < -0.39 is 0 Å². The van der Waals surface area contributed by atoms with E-state index in [-0.39, 0.29) is 11.8 Å². The summed E-state index contributed by atoms with van der Waals surface area (Å²) in [6.07, 6.45) is 3.80. The third-order valence-corrected chi connectivity index (χ3v) is 4.89. The molecule has 0 aliphatic carbocycles. The number of rotatable bonds is 5. The van der Waals surface area contributed by atoms with Gasteiger partial charge in [0, 0.05) is 32.3 Å². The summed E-state index contributed by atoms with van der Waals surface area (Å²) in [4.78, 5) is 28.6. The number of hydrogen-bond donors (Lipinski definition) is 0. The number of ether oxygens (including phenoxy) is 1. The Kier molecular flexibility index (Phi) is 6.48. The van der Waals surface area contributed by atoms with Crippen molar-refractivity contribution in [2.75, 3.05) is 33.3 Å². The summed E-state index contributed by atoms with van der Waals surface area (Å²) >= 11 is 0. The van der Waals surface area contributed by atoms with E-state index in [4.69, 9.17) is 4.74 Å². The molecule has 2 aromatic rings. The summed E-state index contributed by atoms with van der Waals surface area (Å²) < 4.78 is 5.21. The van der Waals surface area contributed by atoms with Crippen LogP contribution >= 0.6 is 0 Å². The van der Waals surface area contributed by atoms with Gasteiger partial charge < -0.3 is 14.5 Å². The molecule has 0 N–H and O–H groups in total. The van der Waals surface area contributed by atoms with E-state index in [1.54, 1.807) is 18.1 Å². The van der Waals surface area contributed by atoms with Gasteiger partial charge in [0.05, 0.1) is 13.5 Å². The topological polar surface area (TPSA) is 49.9 Å². The molecular weight excluding hydrogens is 352 g/mol. The Morgan fingerprint density at radius 1 is 1.00 bits per heavy atom. The molecule has 0 unspecified atom stereocenters. The van der Waals surface area contributed by atoms with E-state index >= 15 is 0 Å². The minimum atomic E-state index is -0.0126. The Morgan fingerprint density at radius 3 is 2.43 bits per heavy atom. The maximum atomic E-state index is 12.6. The van der Waals surface area contributed by atoms with Crippen LogP contribution in [0.1, 0.15) is 16.7 Å². The van der Waals surface area contributed by atoms with Gasteiger partial charge in [-0.2, -0.15) is 0 Å². The van der Waals surface area contributed by atoms with Gasteiger partial charge in [-0.05, 0) is 36.3 Å². The van der Waals surface area contributed by atoms with Crippen LogP contribution in [0.5, 0.6) is 5.75 Å². The summed E-state index contributed by atoms with van der Waals surface area (Å²) in [7, 11) is 1.62. The SMILES string of the molecule is COc1cccc(CC(=O)N2CCN(C(=O)/C=C/c3cccc(C)c3)CC2)c1. The van der Waals surface area contributed by atoms with Crippen molar-refractivity contribution in [1.29, 1.82) is 0 Å². The molecule has 5 heteroatoms. The number of carbonyl (C=O) groups is 2. The zero-order valence-corrected chi connectivity index (χ0v) is 16.4. The van der Waals surface area contributed by atoms with Crippen molar-refractivity contribution in [1.82, 2.24) is 9.80 Å². The lowest BCUT2D eigenvalue weighted by Gasteiger charge is -2.34. The zero-order chi connectivity index (χ0) is 19.9. The lowest BCUT2D eigenvalue weighted by atomic mass is 10.1. The van der Waals surface area contributed by atoms with Crippen molar-refractivity contribution >= 4 is 17.9 Å². The Labute approximate surface area is 166 Å². The highest BCUT2D eigenvalue weighted by atomic mass is 16.5. The van der Waals surface area contributed by atoms with Crippen molar-refractivity contribution < 1.29 is 14.3 Å². The molecule has 3 rings (SSSR count). The van der Waals surface area contributed by atoms with E-state index in [0.29, 0.717) is 32.6 Å². The molecule has 0 bridgehead atoms. The highest BCUT2D eigenvalue weighted by Crippen LogP contribution is 2.14. The smallest absolute Gasteiger partial charge is 0.246 e. The molecule has 1 aliphatic rings. The van der Waals surface area contributed by atoms with Crippen LogP contribution in [0.15, 0.2) is 54.6 Å². The summed E-state index contributed by atoms with van der Waals surface area (Å²) in [5.41, 5.74) is 3.11. The number of aryl methyl sites for hydroxylation is 1. The first-order valence-electron chi connectivity index (χ1n) is 9.49. The molecule has 0 radical (unpaired) electrons. The molecule has 0 spiro atoms. The predicted octanol–water partition coefficient (Wildman–Crippen LogP) is 2.93. The van der Waals surface area contributed by atoms with Gasteiger partial charge in [-0.1, -0.05) is 42.0 Å². The zero-order valence-electron chi connectivity index (χ0n) is 16.4. The summed E-state index contributed by atoms with van der Waals surface area (Å²) in [6.45, 7) is 4.27. The second-order valence-electron chi connectivity index (χ2n) is 6.98. The quantitative estimate of drug-likeness (QED) is 0.752. The largest absolute Gasteiger partial charge is 0.497 e. The molecule has 0 aromatic heterocycles. The average molecular weight is 378 g/mol. The van der Waals surface area contributed by atoms with Crippen molar-refractivity contribution in [2.45, 2.75) is 13.3 Å². The fourth-order valence-corrected chi connectivity index (χ4v) is 3.29. The highest BCUT2D eigenvalue weighted by molar-refractivity contribution is 5.92. The third kappa shape index (κ3) is 5.22. The molecule has 0 saturated carbocycles. The van der Waals surface area contributed by atoms with Crippen LogP contribution in [0.4, 0.5) is 0 Å². The molecule has 1 aliphatic heterocycles. The number of nitrogens with zero attached hydrogens (tertiary/aromatic N) is 2. The molecule has 0 atom stereocenters. The monoisotopic (exact) mass is 378 g/mol. The van der Waals surface area contributed by atoms with Crippen LogP contribution in [0.25, 0.3) is 6.08 Å². The van der Waals surface area contributed by atoms with Gasteiger partial charge >= 0.3 is 0 Å². The maximum Gasteiger partial charge on any atom is 0.246 e. The second-order valence-corrected chi connectivity index (χ2v) is 6.98. The van der Waals surface area contributed by atoms with Crippen molar-refractivity contribution in [3.8, 4) is 5.75 Å².